The number of aromatic nitrogens is 1. The molecule has 15 heavy (non-hydrogen) atoms. The van der Waals surface area contributed by atoms with E-state index in [-0.39, 0.29) is 11.6 Å². The van der Waals surface area contributed by atoms with Gasteiger partial charge in [0, 0.05) is 12.1 Å². The minimum Gasteiger partial charge on any atom is -0.337 e. The van der Waals surface area contributed by atoms with Gasteiger partial charge in [-0.2, -0.15) is 0 Å². The molecular formula is C8H15N3O3S. The Balaban J connectivity index is 2.73. The van der Waals surface area contributed by atoms with E-state index in [1.165, 1.54) is 0 Å². The van der Waals surface area contributed by atoms with Gasteiger partial charge in [0.25, 0.3) is 0 Å². The molecule has 0 saturated carbocycles. The van der Waals surface area contributed by atoms with Crippen molar-refractivity contribution in [3.8, 4) is 0 Å². The monoisotopic (exact) mass is 233 g/mol. The van der Waals surface area contributed by atoms with E-state index >= 15 is 0 Å². The molecule has 0 fully saturated rings. The molecular weight excluding hydrogens is 218 g/mol. The number of aryl methyl sites for hydroxylation is 1. The highest BCUT2D eigenvalue weighted by molar-refractivity contribution is 7.92. The summed E-state index contributed by atoms with van der Waals surface area (Å²) in [6, 6.07) is 0. The molecule has 0 bridgehead atoms. The van der Waals surface area contributed by atoms with Crippen LogP contribution in [0.1, 0.15) is 11.3 Å². The third kappa shape index (κ3) is 3.21. The summed E-state index contributed by atoms with van der Waals surface area (Å²) < 4.78 is 30.2. The van der Waals surface area contributed by atoms with Gasteiger partial charge in [0.1, 0.15) is 0 Å². The van der Waals surface area contributed by atoms with E-state index in [1.54, 1.807) is 20.9 Å². The van der Waals surface area contributed by atoms with Crippen LogP contribution in [0.4, 0.5) is 5.88 Å². The van der Waals surface area contributed by atoms with E-state index in [1.807, 2.05) is 0 Å². The quantitative estimate of drug-likeness (QED) is 0.761. The third-order valence-electron chi connectivity index (χ3n) is 2.03. The Morgan fingerprint density at radius 1 is 1.40 bits per heavy atom. The molecule has 0 aliphatic rings. The number of nitrogens with zero attached hydrogens (tertiary/aromatic N) is 1. The molecule has 7 heteroatoms. The number of hydrogen-bond acceptors (Lipinski definition) is 5. The Morgan fingerprint density at radius 3 is 2.53 bits per heavy atom. The number of sulfonamides is 1. The van der Waals surface area contributed by atoms with Gasteiger partial charge in [-0.05, 0) is 20.9 Å². The van der Waals surface area contributed by atoms with E-state index in [9.17, 15) is 8.42 Å². The van der Waals surface area contributed by atoms with Gasteiger partial charge in [-0.25, -0.2) is 8.42 Å². The molecule has 0 saturated heterocycles. The normalized spacial score (nSPS) is 11.7. The first-order valence-corrected chi connectivity index (χ1v) is 6.19. The van der Waals surface area contributed by atoms with E-state index in [4.69, 9.17) is 4.52 Å². The summed E-state index contributed by atoms with van der Waals surface area (Å²) in [7, 11) is -1.66. The highest BCUT2D eigenvalue weighted by atomic mass is 32.2. The Hall–Kier alpha value is -1.08. The second-order valence-corrected chi connectivity index (χ2v) is 5.09. The molecule has 0 spiro atoms. The van der Waals surface area contributed by atoms with Crippen LogP contribution in [0.15, 0.2) is 4.52 Å². The first kappa shape index (κ1) is 12.0. The van der Waals surface area contributed by atoms with Crippen LogP contribution in [0.25, 0.3) is 0 Å². The largest absolute Gasteiger partial charge is 0.337 e. The predicted molar refractivity (Wildman–Crippen MR) is 57.3 cm³/mol. The Labute approximate surface area is 89.1 Å². The Kier molecular flexibility index (Phi) is 3.70. The van der Waals surface area contributed by atoms with Crippen molar-refractivity contribution in [3.63, 3.8) is 0 Å². The molecule has 0 radical (unpaired) electrons. The van der Waals surface area contributed by atoms with Crippen molar-refractivity contribution in [2.75, 3.05) is 24.1 Å². The molecule has 2 N–H and O–H groups in total. The van der Waals surface area contributed by atoms with E-state index in [0.717, 1.165) is 0 Å². The fourth-order valence-electron chi connectivity index (χ4n) is 0.939. The van der Waals surface area contributed by atoms with Crippen molar-refractivity contribution in [1.29, 1.82) is 0 Å². The Morgan fingerprint density at radius 2 is 2.07 bits per heavy atom. The van der Waals surface area contributed by atoms with Crippen molar-refractivity contribution < 1.29 is 12.9 Å². The van der Waals surface area contributed by atoms with Crippen molar-refractivity contribution >= 4 is 15.9 Å². The second-order valence-electron chi connectivity index (χ2n) is 3.25. The van der Waals surface area contributed by atoms with Gasteiger partial charge >= 0.3 is 0 Å². The summed E-state index contributed by atoms with van der Waals surface area (Å²) in [6.45, 7) is 3.90. The predicted octanol–water partition coefficient (Wildman–Crippen LogP) is 0.253. The molecule has 0 aromatic carbocycles. The molecule has 0 amide bonds. The van der Waals surface area contributed by atoms with Crippen LogP contribution in [0.2, 0.25) is 0 Å². The van der Waals surface area contributed by atoms with Gasteiger partial charge in [0.15, 0.2) is 0 Å². The van der Waals surface area contributed by atoms with E-state index in [2.05, 4.69) is 15.2 Å². The van der Waals surface area contributed by atoms with Gasteiger partial charge in [-0.3, -0.25) is 4.72 Å². The SMILES string of the molecule is CNCCS(=O)(=O)Nc1onc(C)c1C. The highest BCUT2D eigenvalue weighted by Gasteiger charge is 2.15. The first-order valence-electron chi connectivity index (χ1n) is 4.54. The third-order valence-corrected chi connectivity index (χ3v) is 3.26. The number of nitrogens with one attached hydrogen (secondary N) is 2. The summed E-state index contributed by atoms with van der Waals surface area (Å²) in [6.07, 6.45) is 0. The van der Waals surface area contributed by atoms with Crippen LogP contribution in [-0.4, -0.2) is 32.9 Å². The maximum absolute atomic E-state index is 11.5. The number of rotatable bonds is 5. The molecule has 1 heterocycles. The lowest BCUT2D eigenvalue weighted by Crippen LogP contribution is -2.24. The molecule has 0 atom stereocenters. The van der Waals surface area contributed by atoms with Crippen molar-refractivity contribution in [3.05, 3.63) is 11.3 Å². The average Bonchev–Trinajstić information content (AvgIpc) is 2.46. The zero-order valence-corrected chi connectivity index (χ0v) is 9.81. The van der Waals surface area contributed by atoms with Crippen LogP contribution in [0.3, 0.4) is 0 Å². The minimum absolute atomic E-state index is 0.00267. The molecule has 6 nitrogen and oxygen atoms in total. The highest BCUT2D eigenvalue weighted by Crippen LogP contribution is 2.18. The summed E-state index contributed by atoms with van der Waals surface area (Å²) in [5.41, 5.74) is 1.39. The summed E-state index contributed by atoms with van der Waals surface area (Å²) in [4.78, 5) is 0. The zero-order chi connectivity index (χ0) is 11.5. The van der Waals surface area contributed by atoms with Gasteiger partial charge in [0.2, 0.25) is 15.9 Å². The number of anilines is 1. The Bertz CT molecular complexity index is 424. The zero-order valence-electron chi connectivity index (χ0n) is 8.99. The standard InChI is InChI=1S/C8H15N3O3S/c1-6-7(2)10-14-8(6)11-15(12,13)5-4-9-3/h9,11H,4-5H2,1-3H3. The molecule has 0 aliphatic carbocycles. The van der Waals surface area contributed by atoms with Crippen molar-refractivity contribution in [2.24, 2.45) is 0 Å². The van der Waals surface area contributed by atoms with E-state index in [0.29, 0.717) is 17.8 Å². The summed E-state index contributed by atoms with van der Waals surface area (Å²) in [5.74, 6) is 0.200. The van der Waals surface area contributed by atoms with E-state index < -0.39 is 10.0 Å². The van der Waals surface area contributed by atoms with Crippen molar-refractivity contribution in [2.45, 2.75) is 13.8 Å². The van der Waals surface area contributed by atoms with Crippen LogP contribution >= 0.6 is 0 Å². The summed E-state index contributed by atoms with van der Waals surface area (Å²) in [5, 5.41) is 6.43. The van der Waals surface area contributed by atoms with Gasteiger partial charge in [-0.1, -0.05) is 5.16 Å². The molecule has 0 unspecified atom stereocenters. The minimum atomic E-state index is -3.35. The first-order chi connectivity index (χ1) is 6.96. The van der Waals surface area contributed by atoms with Gasteiger partial charge in [0.05, 0.1) is 11.4 Å². The molecule has 1 rings (SSSR count). The lowest BCUT2D eigenvalue weighted by molar-refractivity contribution is 0.430. The molecule has 1 aromatic rings. The lowest BCUT2D eigenvalue weighted by atomic mass is 10.3. The van der Waals surface area contributed by atoms with Crippen LogP contribution in [0.5, 0.6) is 0 Å². The smallest absolute Gasteiger partial charge is 0.241 e. The van der Waals surface area contributed by atoms with Gasteiger partial charge in [-0.15, -0.1) is 0 Å². The average molecular weight is 233 g/mol. The molecule has 1 aromatic heterocycles. The van der Waals surface area contributed by atoms with Crippen molar-refractivity contribution in [1.82, 2.24) is 10.5 Å². The lowest BCUT2D eigenvalue weighted by Gasteiger charge is -2.04. The fraction of sp³-hybridized carbons (Fsp3) is 0.625. The molecule has 86 valence electrons. The maximum atomic E-state index is 11.5. The fourth-order valence-corrected chi connectivity index (χ4v) is 1.99. The van der Waals surface area contributed by atoms with Crippen LogP contribution in [0, 0.1) is 13.8 Å². The van der Waals surface area contributed by atoms with Gasteiger partial charge < -0.3 is 9.84 Å². The van der Waals surface area contributed by atoms with Crippen LogP contribution in [-0.2, 0) is 10.0 Å². The number of hydrogen-bond donors (Lipinski definition) is 2. The topological polar surface area (TPSA) is 84.2 Å². The molecule has 0 aliphatic heterocycles. The van der Waals surface area contributed by atoms with Crippen LogP contribution < -0.4 is 10.0 Å². The summed E-state index contributed by atoms with van der Waals surface area (Å²) >= 11 is 0. The second kappa shape index (κ2) is 4.63. The maximum Gasteiger partial charge on any atom is 0.241 e.